The number of rotatable bonds is 5. The third-order valence-corrected chi connectivity index (χ3v) is 6.88. The van der Waals surface area contributed by atoms with Gasteiger partial charge < -0.3 is 5.32 Å². The zero-order valence-electron chi connectivity index (χ0n) is 16.6. The van der Waals surface area contributed by atoms with Crippen molar-refractivity contribution < 1.29 is 13.2 Å². The fraction of sp³-hybridized carbons (Fsp3) is 0.125. The maximum Gasteiger partial charge on any atom is 0.270 e. The van der Waals surface area contributed by atoms with Gasteiger partial charge in [-0.2, -0.15) is 0 Å². The first-order valence-electron chi connectivity index (χ1n) is 9.76. The third-order valence-electron chi connectivity index (χ3n) is 5.11. The average molecular weight is 419 g/mol. The molecule has 0 atom stereocenters. The van der Waals surface area contributed by atoms with Gasteiger partial charge in [-0.25, -0.2) is 8.42 Å². The largest absolute Gasteiger partial charge is 0.360 e. The number of nitrogens with one attached hydrogen (secondary N) is 1. The predicted molar refractivity (Wildman–Crippen MR) is 120 cm³/mol. The Bertz CT molecular complexity index is 1200. The number of allylic oxidation sites excluding steroid dienone is 1. The van der Waals surface area contributed by atoms with Gasteiger partial charge in [0.05, 0.1) is 12.2 Å². The van der Waals surface area contributed by atoms with Crippen LogP contribution in [0.2, 0.25) is 0 Å². The Morgan fingerprint density at radius 3 is 2.23 bits per heavy atom. The number of nitrogens with zero attached hydrogens (tertiary/aromatic N) is 1. The predicted octanol–water partition coefficient (Wildman–Crippen LogP) is 4.74. The summed E-state index contributed by atoms with van der Waals surface area (Å²) in [5, 5.41) is 2.98. The molecule has 1 aliphatic rings. The fourth-order valence-corrected chi connectivity index (χ4v) is 4.95. The van der Waals surface area contributed by atoms with Crippen molar-refractivity contribution in [3.8, 4) is 0 Å². The molecule has 0 aliphatic carbocycles. The van der Waals surface area contributed by atoms with Crippen molar-refractivity contribution in [1.82, 2.24) is 0 Å². The van der Waals surface area contributed by atoms with Gasteiger partial charge in [-0.1, -0.05) is 61.5 Å². The van der Waals surface area contributed by atoms with E-state index in [1.54, 1.807) is 24.3 Å². The second-order valence-corrected chi connectivity index (χ2v) is 8.88. The molecule has 1 aliphatic heterocycles. The van der Waals surface area contributed by atoms with Gasteiger partial charge in [-0.05, 0) is 41.8 Å². The van der Waals surface area contributed by atoms with E-state index in [-0.39, 0.29) is 11.4 Å². The van der Waals surface area contributed by atoms with Crippen LogP contribution >= 0.6 is 0 Å². The molecular weight excluding hydrogens is 396 g/mol. The molecule has 0 saturated heterocycles. The van der Waals surface area contributed by atoms with Gasteiger partial charge in [0.15, 0.2) is 4.91 Å². The topological polar surface area (TPSA) is 66.5 Å². The molecule has 0 amide bonds. The smallest absolute Gasteiger partial charge is 0.270 e. The Balaban J connectivity index is 1.74. The molecule has 0 fully saturated rings. The first-order valence-corrected chi connectivity index (χ1v) is 11.2. The lowest BCUT2D eigenvalue weighted by Gasteiger charge is -2.31. The van der Waals surface area contributed by atoms with Crippen LogP contribution in [-0.2, 0) is 23.0 Å². The minimum Gasteiger partial charge on any atom is -0.360 e. The van der Waals surface area contributed by atoms with E-state index in [9.17, 15) is 13.2 Å². The molecule has 0 unspecified atom stereocenters. The van der Waals surface area contributed by atoms with Crippen molar-refractivity contribution >= 4 is 27.2 Å². The monoisotopic (exact) mass is 418 g/mol. The van der Waals surface area contributed by atoms with Crippen molar-refractivity contribution in [2.45, 2.75) is 19.9 Å². The Morgan fingerprint density at radius 1 is 0.867 bits per heavy atom. The normalized spacial score (nSPS) is 16.4. The number of carbonyl (C=O) groups excluding carboxylic acids is 1. The second kappa shape index (κ2) is 8.16. The van der Waals surface area contributed by atoms with Gasteiger partial charge in [-0.15, -0.1) is 0 Å². The number of benzene rings is 3. The summed E-state index contributed by atoms with van der Waals surface area (Å²) < 4.78 is 28.1. The lowest BCUT2D eigenvalue weighted by Crippen LogP contribution is -2.39. The van der Waals surface area contributed by atoms with Crippen molar-refractivity contribution in [1.29, 1.82) is 0 Å². The number of anilines is 2. The van der Waals surface area contributed by atoms with Crippen molar-refractivity contribution in [3.63, 3.8) is 0 Å². The number of para-hydroxylation sites is 1. The Kier molecular flexibility index (Phi) is 5.42. The molecule has 0 spiro atoms. The maximum absolute atomic E-state index is 13.4. The second-order valence-electron chi connectivity index (χ2n) is 7.05. The summed E-state index contributed by atoms with van der Waals surface area (Å²) >= 11 is 0. The van der Waals surface area contributed by atoms with Gasteiger partial charge in [0.1, 0.15) is 0 Å². The summed E-state index contributed by atoms with van der Waals surface area (Å²) in [7, 11) is -4.03. The summed E-state index contributed by atoms with van der Waals surface area (Å²) in [5.41, 5.74) is 3.51. The number of aryl methyl sites for hydroxylation is 1. The SMILES string of the molecule is CCc1ccc(NC=C2C(=O)c3ccccc3N(Cc3ccccc3)S2(=O)=O)cc1. The van der Waals surface area contributed by atoms with E-state index in [1.807, 2.05) is 54.6 Å². The van der Waals surface area contributed by atoms with Gasteiger partial charge in [0, 0.05) is 17.5 Å². The lowest BCUT2D eigenvalue weighted by atomic mass is 10.1. The zero-order chi connectivity index (χ0) is 21.1. The maximum atomic E-state index is 13.4. The molecule has 3 aromatic carbocycles. The van der Waals surface area contributed by atoms with E-state index < -0.39 is 15.8 Å². The highest BCUT2D eigenvalue weighted by Gasteiger charge is 2.39. The van der Waals surface area contributed by atoms with E-state index >= 15 is 0 Å². The summed E-state index contributed by atoms with van der Waals surface area (Å²) in [6.45, 7) is 2.21. The number of ketones is 1. The zero-order valence-corrected chi connectivity index (χ0v) is 17.4. The molecular formula is C24H22N2O3S. The molecule has 5 nitrogen and oxygen atoms in total. The summed E-state index contributed by atoms with van der Waals surface area (Å²) in [4.78, 5) is 12.8. The number of hydrogen-bond acceptors (Lipinski definition) is 4. The standard InChI is InChI=1S/C24H22N2O3S/c1-2-18-12-14-20(15-13-18)25-16-23-24(27)21-10-6-7-11-22(21)26(30(23,28)29)17-19-8-4-3-5-9-19/h3-16,25H,2,17H2,1H3. The van der Waals surface area contributed by atoms with Crippen molar-refractivity contribution in [2.75, 3.05) is 9.62 Å². The van der Waals surface area contributed by atoms with Crippen LogP contribution in [0.4, 0.5) is 11.4 Å². The Labute approximate surface area is 176 Å². The Morgan fingerprint density at radius 2 is 1.53 bits per heavy atom. The van der Waals surface area contributed by atoms with Gasteiger partial charge >= 0.3 is 0 Å². The van der Waals surface area contributed by atoms with Crippen LogP contribution in [0.1, 0.15) is 28.4 Å². The minimum absolute atomic E-state index is 0.149. The van der Waals surface area contributed by atoms with E-state index in [2.05, 4.69) is 12.2 Å². The first-order chi connectivity index (χ1) is 14.5. The molecule has 1 heterocycles. The molecule has 30 heavy (non-hydrogen) atoms. The summed E-state index contributed by atoms with van der Waals surface area (Å²) in [6.07, 6.45) is 2.21. The van der Waals surface area contributed by atoms with E-state index in [0.717, 1.165) is 17.7 Å². The van der Waals surface area contributed by atoms with Crippen LogP contribution in [0.25, 0.3) is 0 Å². The summed E-state index contributed by atoms with van der Waals surface area (Å²) in [6, 6.07) is 23.8. The third kappa shape index (κ3) is 3.74. The van der Waals surface area contributed by atoms with Crippen LogP contribution in [0.15, 0.2) is 90.0 Å². The first kappa shape index (κ1) is 19.9. The van der Waals surface area contributed by atoms with Gasteiger partial charge in [-0.3, -0.25) is 9.10 Å². The molecule has 4 rings (SSSR count). The number of carbonyl (C=O) groups is 1. The van der Waals surface area contributed by atoms with Crippen molar-refractivity contribution in [3.05, 3.63) is 107 Å². The molecule has 3 aromatic rings. The van der Waals surface area contributed by atoms with Crippen LogP contribution < -0.4 is 9.62 Å². The minimum atomic E-state index is -4.03. The van der Waals surface area contributed by atoms with Gasteiger partial charge in [0.25, 0.3) is 10.0 Å². The van der Waals surface area contributed by atoms with Crippen LogP contribution in [0, 0.1) is 0 Å². The van der Waals surface area contributed by atoms with E-state index in [0.29, 0.717) is 11.3 Å². The fourth-order valence-electron chi connectivity index (χ4n) is 3.43. The van der Waals surface area contributed by atoms with Crippen LogP contribution in [0.3, 0.4) is 0 Å². The number of fused-ring (bicyclic) bond motifs is 1. The molecule has 152 valence electrons. The van der Waals surface area contributed by atoms with Gasteiger partial charge in [0.2, 0.25) is 5.78 Å². The average Bonchev–Trinajstić information content (AvgIpc) is 2.77. The highest BCUT2D eigenvalue weighted by molar-refractivity contribution is 7.97. The van der Waals surface area contributed by atoms with Crippen LogP contribution in [-0.4, -0.2) is 14.2 Å². The highest BCUT2D eigenvalue weighted by atomic mass is 32.2. The van der Waals surface area contributed by atoms with E-state index in [1.165, 1.54) is 16.1 Å². The lowest BCUT2D eigenvalue weighted by molar-refractivity contribution is 0.104. The summed E-state index contributed by atoms with van der Waals surface area (Å²) in [5.74, 6) is -0.507. The highest BCUT2D eigenvalue weighted by Crippen LogP contribution is 2.36. The number of Topliss-reactive ketones (excluding diaryl/α,β-unsaturated/α-hetero) is 1. The number of hydrogen-bond donors (Lipinski definition) is 1. The van der Waals surface area contributed by atoms with Crippen molar-refractivity contribution in [2.24, 2.45) is 0 Å². The molecule has 0 bridgehead atoms. The molecule has 0 radical (unpaired) electrons. The van der Waals surface area contributed by atoms with Crippen LogP contribution in [0.5, 0.6) is 0 Å². The molecule has 1 N–H and O–H groups in total. The molecule has 0 aromatic heterocycles. The van der Waals surface area contributed by atoms with E-state index in [4.69, 9.17) is 0 Å². The Hall–Kier alpha value is -3.38. The molecule has 0 saturated carbocycles. The molecule has 6 heteroatoms. The number of sulfonamides is 1. The quantitative estimate of drug-likeness (QED) is 0.608.